The largest absolute Gasteiger partial charge is 0.381 e. The lowest BCUT2D eigenvalue weighted by Crippen LogP contribution is -2.42. The van der Waals surface area contributed by atoms with Gasteiger partial charge < -0.3 is 10.4 Å². The summed E-state index contributed by atoms with van der Waals surface area (Å²) in [6, 6.07) is 4.00. The van der Waals surface area contributed by atoms with Crippen molar-refractivity contribution in [2.75, 3.05) is 6.54 Å². The van der Waals surface area contributed by atoms with E-state index in [0.717, 1.165) is 10.2 Å². The second kappa shape index (κ2) is 5.09. The highest BCUT2D eigenvalue weighted by Gasteiger charge is 2.22. The molecule has 1 aromatic heterocycles. The van der Waals surface area contributed by atoms with Crippen LogP contribution in [-0.2, 0) is 11.2 Å². The average Bonchev–Trinajstić information content (AvgIpc) is 2.49. The van der Waals surface area contributed by atoms with Crippen LogP contribution in [0.1, 0.15) is 18.7 Å². The van der Waals surface area contributed by atoms with Gasteiger partial charge in [0.25, 0.3) is 5.91 Å². The van der Waals surface area contributed by atoms with Crippen LogP contribution in [0.3, 0.4) is 0 Å². The summed E-state index contributed by atoms with van der Waals surface area (Å²) in [4.78, 5) is 12.5. The third kappa shape index (κ3) is 4.32. The fourth-order valence-corrected chi connectivity index (χ4v) is 2.48. The van der Waals surface area contributed by atoms with Crippen molar-refractivity contribution in [2.45, 2.75) is 25.9 Å². The Labute approximate surface area is 102 Å². The molecule has 1 rings (SSSR count). The van der Waals surface area contributed by atoms with Gasteiger partial charge in [0.05, 0.1) is 3.79 Å². The normalized spacial score (nSPS) is 11.5. The number of nitrogens with one attached hydrogen (secondary N) is 1. The van der Waals surface area contributed by atoms with Gasteiger partial charge in [0.2, 0.25) is 0 Å². The summed E-state index contributed by atoms with van der Waals surface area (Å²) in [5.41, 5.74) is -1.30. The Bertz CT molecular complexity index is 343. The number of halogens is 1. The highest BCUT2D eigenvalue weighted by Crippen LogP contribution is 2.22. The third-order valence-electron chi connectivity index (χ3n) is 1.84. The zero-order chi connectivity index (χ0) is 11.5. The monoisotopic (exact) mass is 291 g/mol. The van der Waals surface area contributed by atoms with Gasteiger partial charge in [0, 0.05) is 11.4 Å². The van der Waals surface area contributed by atoms with Crippen LogP contribution in [0.15, 0.2) is 15.9 Å². The van der Waals surface area contributed by atoms with Crippen molar-refractivity contribution in [3.05, 3.63) is 20.8 Å². The van der Waals surface area contributed by atoms with Gasteiger partial charge in [-0.05, 0) is 48.3 Å². The minimum absolute atomic E-state index is 0.335. The molecule has 0 saturated carbocycles. The molecule has 0 aliphatic carbocycles. The molecule has 1 amide bonds. The van der Waals surface area contributed by atoms with Crippen LogP contribution in [0.2, 0.25) is 0 Å². The first kappa shape index (κ1) is 12.7. The van der Waals surface area contributed by atoms with E-state index in [0.29, 0.717) is 6.54 Å². The fourth-order valence-electron chi connectivity index (χ4n) is 1.00. The second-order valence-electron chi connectivity index (χ2n) is 3.77. The molecule has 0 atom stereocenters. The predicted octanol–water partition coefficient (Wildman–Crippen LogP) is 1.94. The van der Waals surface area contributed by atoms with Crippen LogP contribution in [0.4, 0.5) is 0 Å². The average molecular weight is 292 g/mol. The molecule has 0 fully saturated rings. The van der Waals surface area contributed by atoms with Crippen LogP contribution in [0.5, 0.6) is 0 Å². The molecule has 0 aromatic carbocycles. The van der Waals surface area contributed by atoms with Crippen LogP contribution in [0, 0.1) is 0 Å². The number of carbonyl (C=O) groups is 1. The summed E-state index contributed by atoms with van der Waals surface area (Å²) in [6.07, 6.45) is 0.790. The number of hydrogen-bond acceptors (Lipinski definition) is 3. The van der Waals surface area contributed by atoms with E-state index in [9.17, 15) is 9.90 Å². The van der Waals surface area contributed by atoms with Crippen molar-refractivity contribution in [1.82, 2.24) is 5.32 Å². The molecule has 1 heterocycles. The molecule has 5 heteroatoms. The Morgan fingerprint density at radius 1 is 1.60 bits per heavy atom. The summed E-state index contributed by atoms with van der Waals surface area (Å²) in [6.45, 7) is 3.50. The highest BCUT2D eigenvalue weighted by molar-refractivity contribution is 9.11. The Balaban J connectivity index is 2.31. The lowest BCUT2D eigenvalue weighted by Gasteiger charge is -2.16. The van der Waals surface area contributed by atoms with Gasteiger partial charge in [-0.3, -0.25) is 4.79 Å². The maximum Gasteiger partial charge on any atom is 0.251 e. The van der Waals surface area contributed by atoms with Crippen LogP contribution in [-0.4, -0.2) is 23.2 Å². The predicted molar refractivity (Wildman–Crippen MR) is 65.0 cm³/mol. The standard InChI is InChI=1S/C10H14BrNO2S/c1-10(2,14)9(13)12-6-5-7-3-4-8(11)15-7/h3-4,14H,5-6H2,1-2H3,(H,12,13). The van der Waals surface area contributed by atoms with Crippen molar-refractivity contribution in [3.8, 4) is 0 Å². The molecular formula is C10H14BrNO2S. The summed E-state index contributed by atoms with van der Waals surface area (Å²) < 4.78 is 1.09. The molecule has 0 saturated heterocycles. The van der Waals surface area contributed by atoms with Crippen molar-refractivity contribution in [1.29, 1.82) is 0 Å². The number of thiophene rings is 1. The van der Waals surface area contributed by atoms with Gasteiger partial charge in [-0.25, -0.2) is 0 Å². The van der Waals surface area contributed by atoms with Crippen molar-refractivity contribution < 1.29 is 9.90 Å². The molecule has 0 radical (unpaired) electrons. The number of rotatable bonds is 4. The van der Waals surface area contributed by atoms with E-state index in [1.54, 1.807) is 11.3 Å². The highest BCUT2D eigenvalue weighted by atomic mass is 79.9. The smallest absolute Gasteiger partial charge is 0.251 e. The summed E-state index contributed by atoms with van der Waals surface area (Å²) in [5.74, 6) is -0.335. The summed E-state index contributed by atoms with van der Waals surface area (Å²) in [7, 11) is 0. The molecule has 0 bridgehead atoms. The molecule has 1 aromatic rings. The summed E-state index contributed by atoms with van der Waals surface area (Å²) in [5, 5.41) is 12.1. The Kier molecular flexibility index (Phi) is 4.31. The van der Waals surface area contributed by atoms with Gasteiger partial charge >= 0.3 is 0 Å². The van der Waals surface area contributed by atoms with E-state index in [1.165, 1.54) is 18.7 Å². The van der Waals surface area contributed by atoms with Gasteiger partial charge in [-0.15, -0.1) is 11.3 Å². The molecule has 2 N–H and O–H groups in total. The second-order valence-corrected chi connectivity index (χ2v) is 6.32. The third-order valence-corrected chi connectivity index (χ3v) is 3.52. The van der Waals surface area contributed by atoms with Crippen molar-refractivity contribution in [2.24, 2.45) is 0 Å². The number of carbonyl (C=O) groups excluding carboxylic acids is 1. The lowest BCUT2D eigenvalue weighted by molar-refractivity contribution is -0.136. The van der Waals surface area contributed by atoms with Gasteiger partial charge in [0.15, 0.2) is 0 Å². The Morgan fingerprint density at radius 2 is 2.27 bits per heavy atom. The zero-order valence-electron chi connectivity index (χ0n) is 8.71. The SMILES string of the molecule is CC(C)(O)C(=O)NCCc1ccc(Br)s1. The molecule has 3 nitrogen and oxygen atoms in total. The molecule has 84 valence electrons. The first-order chi connectivity index (χ1) is 6.89. The Morgan fingerprint density at radius 3 is 2.73 bits per heavy atom. The molecule has 0 spiro atoms. The van der Waals surface area contributed by atoms with E-state index in [4.69, 9.17) is 0 Å². The first-order valence-corrected chi connectivity index (χ1v) is 6.25. The van der Waals surface area contributed by atoms with Gasteiger partial charge in [-0.2, -0.15) is 0 Å². The van der Waals surface area contributed by atoms with E-state index < -0.39 is 5.60 Å². The van der Waals surface area contributed by atoms with Crippen LogP contribution < -0.4 is 5.32 Å². The molecule has 15 heavy (non-hydrogen) atoms. The van der Waals surface area contributed by atoms with Crippen LogP contribution >= 0.6 is 27.3 Å². The quantitative estimate of drug-likeness (QED) is 0.891. The fraction of sp³-hybridized carbons (Fsp3) is 0.500. The molecule has 0 unspecified atom stereocenters. The molecule has 0 aliphatic heterocycles. The number of amides is 1. The zero-order valence-corrected chi connectivity index (χ0v) is 11.1. The maximum absolute atomic E-state index is 11.3. The minimum atomic E-state index is -1.30. The summed E-state index contributed by atoms with van der Waals surface area (Å²) >= 11 is 5.03. The van der Waals surface area contributed by atoms with Gasteiger partial charge in [-0.1, -0.05) is 0 Å². The minimum Gasteiger partial charge on any atom is -0.381 e. The van der Waals surface area contributed by atoms with E-state index in [-0.39, 0.29) is 5.91 Å². The molecule has 0 aliphatic rings. The Hall–Kier alpha value is -0.390. The maximum atomic E-state index is 11.3. The molecular weight excluding hydrogens is 278 g/mol. The van der Waals surface area contributed by atoms with Gasteiger partial charge in [0.1, 0.15) is 5.60 Å². The number of hydrogen-bond donors (Lipinski definition) is 2. The topological polar surface area (TPSA) is 49.3 Å². The van der Waals surface area contributed by atoms with E-state index in [2.05, 4.69) is 21.2 Å². The first-order valence-electron chi connectivity index (χ1n) is 4.64. The van der Waals surface area contributed by atoms with E-state index in [1.807, 2.05) is 12.1 Å². The van der Waals surface area contributed by atoms with Crippen molar-refractivity contribution >= 4 is 33.2 Å². The van der Waals surface area contributed by atoms with Crippen LogP contribution in [0.25, 0.3) is 0 Å². The van der Waals surface area contributed by atoms with E-state index >= 15 is 0 Å². The lowest BCUT2D eigenvalue weighted by atomic mass is 10.1. The number of aliphatic hydroxyl groups is 1. The van der Waals surface area contributed by atoms with Crippen molar-refractivity contribution in [3.63, 3.8) is 0 Å².